The molecule has 1 aromatic carbocycles. The molecule has 1 aromatic heterocycles. The molecule has 5 nitrogen and oxygen atoms in total. The molecule has 7 heteroatoms. The maximum absolute atomic E-state index is 12.9. The van der Waals surface area contributed by atoms with Gasteiger partial charge in [0.1, 0.15) is 11.0 Å². The van der Waals surface area contributed by atoms with Gasteiger partial charge in [0.25, 0.3) is 0 Å². The lowest BCUT2D eigenvalue weighted by molar-refractivity contribution is 0.331. The van der Waals surface area contributed by atoms with Crippen LogP contribution in [-0.2, 0) is 13.0 Å². The fourth-order valence-electron chi connectivity index (χ4n) is 2.45. The van der Waals surface area contributed by atoms with Crippen LogP contribution in [0.15, 0.2) is 47.6 Å². The predicted octanol–water partition coefficient (Wildman–Crippen LogP) is 2.71. The number of nitrogens with zero attached hydrogens (tertiary/aromatic N) is 3. The normalized spacial score (nSPS) is 11.7. The summed E-state index contributed by atoms with van der Waals surface area (Å²) >= 11 is 5.78. The Labute approximate surface area is 159 Å². The molecule has 2 aromatic rings. The number of likely N-dealkylation sites (N-methyl/N-ethyl adjacent to an activating group) is 1. The van der Waals surface area contributed by atoms with E-state index >= 15 is 0 Å². The molecule has 0 amide bonds. The molecule has 0 spiro atoms. The Balaban J connectivity index is 1.64. The Morgan fingerprint density at radius 3 is 2.46 bits per heavy atom. The lowest BCUT2D eigenvalue weighted by atomic mass is 10.2. The zero-order valence-electron chi connectivity index (χ0n) is 15.2. The molecule has 0 aliphatic heterocycles. The lowest BCUT2D eigenvalue weighted by Crippen LogP contribution is -2.41. The van der Waals surface area contributed by atoms with Crippen LogP contribution in [0.3, 0.4) is 0 Å². The molecule has 0 unspecified atom stereocenters. The summed E-state index contributed by atoms with van der Waals surface area (Å²) < 4.78 is 12.9. The highest BCUT2D eigenvalue weighted by atomic mass is 35.5. The van der Waals surface area contributed by atoms with Crippen molar-refractivity contribution in [2.24, 2.45) is 4.99 Å². The monoisotopic (exact) mass is 377 g/mol. The summed E-state index contributed by atoms with van der Waals surface area (Å²) in [5, 5.41) is 7.07. The second-order valence-corrected chi connectivity index (χ2v) is 6.42. The van der Waals surface area contributed by atoms with Gasteiger partial charge in [-0.25, -0.2) is 9.37 Å². The molecule has 1 heterocycles. The molecule has 0 saturated heterocycles. The van der Waals surface area contributed by atoms with Crippen molar-refractivity contribution in [1.29, 1.82) is 0 Å². The predicted molar refractivity (Wildman–Crippen MR) is 105 cm³/mol. The van der Waals surface area contributed by atoms with Crippen molar-refractivity contribution in [1.82, 2.24) is 20.5 Å². The van der Waals surface area contributed by atoms with Gasteiger partial charge in [-0.05, 0) is 42.8 Å². The Hall–Kier alpha value is -2.18. The van der Waals surface area contributed by atoms with E-state index in [0.717, 1.165) is 49.7 Å². The van der Waals surface area contributed by atoms with Gasteiger partial charge in [0.2, 0.25) is 0 Å². The Kier molecular flexibility index (Phi) is 8.31. The minimum Gasteiger partial charge on any atom is -0.356 e. The number of hydrogen-bond donors (Lipinski definition) is 2. The van der Waals surface area contributed by atoms with Crippen LogP contribution in [0, 0.1) is 5.82 Å². The summed E-state index contributed by atoms with van der Waals surface area (Å²) in [6.07, 6.45) is 2.62. The zero-order valence-corrected chi connectivity index (χ0v) is 15.9. The Morgan fingerprint density at radius 2 is 1.81 bits per heavy atom. The van der Waals surface area contributed by atoms with E-state index in [9.17, 15) is 4.39 Å². The van der Waals surface area contributed by atoms with Crippen molar-refractivity contribution in [2.45, 2.75) is 13.0 Å². The number of nitrogens with one attached hydrogen (secondary N) is 2. The third-order valence-corrected chi connectivity index (χ3v) is 4.09. The van der Waals surface area contributed by atoms with E-state index in [-0.39, 0.29) is 5.82 Å². The lowest BCUT2D eigenvalue weighted by Gasteiger charge is -2.18. The van der Waals surface area contributed by atoms with Gasteiger partial charge in [-0.2, -0.15) is 0 Å². The largest absolute Gasteiger partial charge is 0.356 e. The molecule has 0 fully saturated rings. The molecule has 2 rings (SSSR count). The number of guanidine groups is 1. The summed E-state index contributed by atoms with van der Waals surface area (Å²) in [6.45, 7) is 3.14. The molecule has 0 atom stereocenters. The second-order valence-electron chi connectivity index (χ2n) is 6.03. The highest BCUT2D eigenvalue weighted by Gasteiger charge is 2.02. The first-order valence-corrected chi connectivity index (χ1v) is 8.92. The highest BCUT2D eigenvalue weighted by molar-refractivity contribution is 6.29. The van der Waals surface area contributed by atoms with E-state index in [1.165, 1.54) is 12.1 Å². The molecular weight excluding hydrogens is 353 g/mol. The van der Waals surface area contributed by atoms with Crippen LogP contribution < -0.4 is 10.6 Å². The molecule has 0 radical (unpaired) electrons. The smallest absolute Gasteiger partial charge is 0.191 e. The second kappa shape index (κ2) is 10.7. The molecule has 0 aliphatic rings. The zero-order chi connectivity index (χ0) is 18.8. The van der Waals surface area contributed by atoms with Crippen molar-refractivity contribution in [3.8, 4) is 0 Å². The maximum atomic E-state index is 12.9. The number of pyridine rings is 1. The molecular formula is C19H25ClFN5. The van der Waals surface area contributed by atoms with Crippen LogP contribution >= 0.6 is 11.6 Å². The minimum absolute atomic E-state index is 0.206. The van der Waals surface area contributed by atoms with Crippen LogP contribution in [0.1, 0.15) is 11.1 Å². The summed E-state index contributed by atoms with van der Waals surface area (Å²) in [5.74, 6) is 0.560. The van der Waals surface area contributed by atoms with Gasteiger partial charge in [0.05, 0.1) is 0 Å². The van der Waals surface area contributed by atoms with Gasteiger partial charge in [0, 0.05) is 39.4 Å². The van der Waals surface area contributed by atoms with Gasteiger partial charge < -0.3 is 15.5 Å². The molecule has 0 aliphatic carbocycles. The van der Waals surface area contributed by atoms with Gasteiger partial charge in [-0.15, -0.1) is 0 Å². The number of benzene rings is 1. The van der Waals surface area contributed by atoms with Crippen LogP contribution in [0.4, 0.5) is 4.39 Å². The Morgan fingerprint density at radius 1 is 1.12 bits per heavy atom. The van der Waals surface area contributed by atoms with Crippen molar-refractivity contribution in [3.63, 3.8) is 0 Å². The summed E-state index contributed by atoms with van der Waals surface area (Å²) in [6, 6.07) is 10.4. The quantitative estimate of drug-likeness (QED) is 0.422. The third-order valence-electron chi connectivity index (χ3n) is 3.87. The van der Waals surface area contributed by atoms with E-state index in [4.69, 9.17) is 11.6 Å². The minimum atomic E-state index is -0.206. The highest BCUT2D eigenvalue weighted by Crippen LogP contribution is 2.06. The topological polar surface area (TPSA) is 52.6 Å². The third kappa shape index (κ3) is 7.37. The average molecular weight is 378 g/mol. The number of hydrogen-bond acceptors (Lipinski definition) is 3. The van der Waals surface area contributed by atoms with Gasteiger partial charge in [-0.3, -0.25) is 4.99 Å². The van der Waals surface area contributed by atoms with Crippen molar-refractivity contribution in [3.05, 3.63) is 64.7 Å². The molecule has 2 N–H and O–H groups in total. The maximum Gasteiger partial charge on any atom is 0.191 e. The van der Waals surface area contributed by atoms with Gasteiger partial charge in [-0.1, -0.05) is 29.8 Å². The van der Waals surface area contributed by atoms with E-state index in [2.05, 4.69) is 25.5 Å². The van der Waals surface area contributed by atoms with Crippen molar-refractivity contribution >= 4 is 17.6 Å². The van der Waals surface area contributed by atoms with Crippen LogP contribution in [-0.4, -0.2) is 49.6 Å². The summed E-state index contributed by atoms with van der Waals surface area (Å²) in [4.78, 5) is 10.5. The van der Waals surface area contributed by atoms with E-state index in [1.807, 2.05) is 25.2 Å². The van der Waals surface area contributed by atoms with E-state index < -0.39 is 0 Å². The molecule has 0 saturated carbocycles. The molecule has 26 heavy (non-hydrogen) atoms. The molecule has 0 bridgehead atoms. The van der Waals surface area contributed by atoms with Crippen molar-refractivity contribution < 1.29 is 4.39 Å². The first kappa shape index (κ1) is 20.1. The molecule has 140 valence electrons. The van der Waals surface area contributed by atoms with Crippen molar-refractivity contribution in [2.75, 3.05) is 33.7 Å². The van der Waals surface area contributed by atoms with Crippen LogP contribution in [0.5, 0.6) is 0 Å². The summed E-state index contributed by atoms with van der Waals surface area (Å²) in [7, 11) is 3.79. The number of rotatable bonds is 8. The SMILES string of the molecule is CN=C(NCCc1ccc(Cl)nc1)NCCN(C)Cc1ccc(F)cc1. The Bertz CT molecular complexity index is 688. The number of aromatic nitrogens is 1. The fourth-order valence-corrected chi connectivity index (χ4v) is 2.56. The van der Waals surface area contributed by atoms with Crippen LogP contribution in [0.25, 0.3) is 0 Å². The average Bonchev–Trinajstić information content (AvgIpc) is 2.64. The van der Waals surface area contributed by atoms with Crippen LogP contribution in [0.2, 0.25) is 5.15 Å². The first-order valence-electron chi connectivity index (χ1n) is 8.55. The first-order chi connectivity index (χ1) is 12.6. The number of aliphatic imine (C=N–C) groups is 1. The van der Waals surface area contributed by atoms with E-state index in [0.29, 0.717) is 5.15 Å². The summed E-state index contributed by atoms with van der Waals surface area (Å²) in [5.41, 5.74) is 2.21. The number of halogens is 2. The van der Waals surface area contributed by atoms with E-state index in [1.54, 1.807) is 19.3 Å². The fraction of sp³-hybridized carbons (Fsp3) is 0.368. The van der Waals surface area contributed by atoms with Gasteiger partial charge >= 0.3 is 0 Å². The standard InChI is InChI=1S/C19H25ClFN5/c1-22-19(23-10-9-15-5-8-18(20)25-13-15)24-11-12-26(2)14-16-3-6-17(21)7-4-16/h3-8,13H,9-12,14H2,1-2H3,(H2,22,23,24). The van der Waals surface area contributed by atoms with Gasteiger partial charge in [0.15, 0.2) is 5.96 Å².